The largest absolute Gasteiger partial charge is 0.378 e. The van der Waals surface area contributed by atoms with Crippen molar-refractivity contribution in [2.24, 2.45) is 0 Å². The highest BCUT2D eigenvalue weighted by atomic mass is 35.5. The number of nitrogens with one attached hydrogen (secondary N) is 2. The number of carbonyl (C=O) groups excluding carboxylic acids is 1. The van der Waals surface area contributed by atoms with Crippen LogP contribution in [-0.4, -0.2) is 55.3 Å². The molecule has 11 heteroatoms. The number of rotatable bonds is 5. The molecule has 2 N–H and O–H groups in total. The molecule has 2 heterocycles. The maximum absolute atomic E-state index is 13.0. The molecule has 2 fully saturated rings. The summed E-state index contributed by atoms with van der Waals surface area (Å²) in [6.07, 6.45) is 2.30. The zero-order valence-corrected chi connectivity index (χ0v) is 19.5. The van der Waals surface area contributed by atoms with E-state index in [-0.39, 0.29) is 16.4 Å². The fourth-order valence-electron chi connectivity index (χ4n) is 4.03. The van der Waals surface area contributed by atoms with Crippen molar-refractivity contribution in [3.8, 4) is 0 Å². The van der Waals surface area contributed by atoms with Crippen LogP contribution in [0.4, 0.5) is 22.7 Å². The van der Waals surface area contributed by atoms with Crippen LogP contribution in [0, 0.1) is 10.1 Å². The molecule has 0 spiro atoms. The molecule has 0 aliphatic carbocycles. The summed E-state index contributed by atoms with van der Waals surface area (Å²) in [7, 11) is 0. The van der Waals surface area contributed by atoms with Gasteiger partial charge in [0.15, 0.2) is 5.11 Å². The van der Waals surface area contributed by atoms with E-state index in [0.717, 1.165) is 31.6 Å². The van der Waals surface area contributed by atoms with E-state index in [4.69, 9.17) is 28.6 Å². The molecular formula is C22H24ClN5O4S. The molecular weight excluding hydrogens is 466 g/mol. The van der Waals surface area contributed by atoms with Crippen LogP contribution in [-0.2, 0) is 4.74 Å². The number of amides is 1. The molecule has 4 rings (SSSR count). The normalized spacial score (nSPS) is 15.9. The van der Waals surface area contributed by atoms with Gasteiger partial charge in [-0.25, -0.2) is 0 Å². The molecule has 2 aromatic rings. The van der Waals surface area contributed by atoms with Crippen molar-refractivity contribution in [2.75, 3.05) is 54.5 Å². The van der Waals surface area contributed by atoms with Gasteiger partial charge in [0.25, 0.3) is 11.6 Å². The maximum Gasteiger partial charge on any atom is 0.270 e. The molecule has 2 aliphatic heterocycles. The van der Waals surface area contributed by atoms with Crippen molar-refractivity contribution in [2.45, 2.75) is 12.8 Å². The Morgan fingerprint density at radius 3 is 2.36 bits per heavy atom. The second kappa shape index (κ2) is 10.3. The van der Waals surface area contributed by atoms with Crippen molar-refractivity contribution in [3.63, 3.8) is 0 Å². The van der Waals surface area contributed by atoms with Crippen LogP contribution in [0.1, 0.15) is 23.2 Å². The second-order valence-corrected chi connectivity index (χ2v) is 8.64. The number of halogens is 1. The first-order valence-corrected chi connectivity index (χ1v) is 11.5. The highest BCUT2D eigenvalue weighted by Crippen LogP contribution is 2.31. The third-order valence-electron chi connectivity index (χ3n) is 5.67. The second-order valence-electron chi connectivity index (χ2n) is 7.83. The Kier molecular flexibility index (Phi) is 7.26. The van der Waals surface area contributed by atoms with E-state index in [2.05, 4.69) is 15.5 Å². The average molecular weight is 490 g/mol. The minimum Gasteiger partial charge on any atom is -0.378 e. The topological polar surface area (TPSA) is 100.0 Å². The Labute approximate surface area is 201 Å². The quantitative estimate of drug-likeness (QED) is 0.371. The summed E-state index contributed by atoms with van der Waals surface area (Å²) in [6.45, 7) is 4.18. The number of nitrogens with zero attached hydrogens (tertiary/aromatic N) is 3. The van der Waals surface area contributed by atoms with Crippen molar-refractivity contribution in [1.82, 2.24) is 5.32 Å². The van der Waals surface area contributed by atoms with E-state index in [1.54, 1.807) is 12.1 Å². The van der Waals surface area contributed by atoms with Gasteiger partial charge in [0, 0.05) is 44.0 Å². The van der Waals surface area contributed by atoms with Crippen LogP contribution >= 0.6 is 23.8 Å². The summed E-state index contributed by atoms with van der Waals surface area (Å²) in [5.41, 5.74) is 2.22. The summed E-state index contributed by atoms with van der Waals surface area (Å²) >= 11 is 11.8. The predicted octanol–water partition coefficient (Wildman–Crippen LogP) is 3.81. The molecule has 2 aliphatic rings. The molecule has 33 heavy (non-hydrogen) atoms. The Morgan fingerprint density at radius 2 is 1.70 bits per heavy atom. The van der Waals surface area contributed by atoms with Gasteiger partial charge in [-0.3, -0.25) is 20.2 Å². The highest BCUT2D eigenvalue weighted by Gasteiger charge is 2.23. The number of non-ortho nitro benzene ring substituents is 1. The summed E-state index contributed by atoms with van der Waals surface area (Å²) in [5.74, 6) is -0.530. The van der Waals surface area contributed by atoms with Crippen LogP contribution in [0.5, 0.6) is 0 Å². The average Bonchev–Trinajstić information content (AvgIpc) is 3.34. The number of nitro benzene ring substituents is 1. The van der Waals surface area contributed by atoms with E-state index in [0.29, 0.717) is 42.7 Å². The zero-order valence-electron chi connectivity index (χ0n) is 17.9. The van der Waals surface area contributed by atoms with Gasteiger partial charge < -0.3 is 19.9 Å². The number of nitro groups is 1. The monoisotopic (exact) mass is 489 g/mol. The fourth-order valence-corrected chi connectivity index (χ4v) is 4.54. The Bertz CT molecular complexity index is 1070. The molecule has 2 aromatic carbocycles. The molecule has 0 unspecified atom stereocenters. The Balaban J connectivity index is 1.48. The number of anilines is 3. The van der Waals surface area contributed by atoms with Gasteiger partial charge in [-0.05, 0) is 49.3 Å². The lowest BCUT2D eigenvalue weighted by molar-refractivity contribution is -0.384. The first-order valence-electron chi connectivity index (χ1n) is 10.7. The van der Waals surface area contributed by atoms with E-state index in [9.17, 15) is 14.9 Å². The molecule has 0 saturated carbocycles. The summed E-state index contributed by atoms with van der Waals surface area (Å²) in [6, 6.07) is 9.79. The number of hydrogen-bond donors (Lipinski definition) is 2. The number of thiocarbonyl (C=S) groups is 1. The molecule has 0 aromatic heterocycles. The van der Waals surface area contributed by atoms with E-state index >= 15 is 0 Å². The van der Waals surface area contributed by atoms with Gasteiger partial charge in [0.05, 0.1) is 40.1 Å². The lowest BCUT2D eigenvalue weighted by Gasteiger charge is -2.30. The van der Waals surface area contributed by atoms with Crippen molar-refractivity contribution in [3.05, 3.63) is 57.1 Å². The summed E-state index contributed by atoms with van der Waals surface area (Å²) in [4.78, 5) is 28.0. The van der Waals surface area contributed by atoms with Crippen molar-refractivity contribution in [1.29, 1.82) is 0 Å². The molecule has 174 valence electrons. The highest BCUT2D eigenvalue weighted by molar-refractivity contribution is 7.80. The fraction of sp³-hybridized carbons (Fsp3) is 0.364. The maximum atomic E-state index is 13.0. The Hall–Kier alpha value is -2.95. The van der Waals surface area contributed by atoms with Crippen molar-refractivity contribution >= 4 is 57.6 Å². The number of hydrogen-bond acceptors (Lipinski definition) is 7. The molecule has 2 saturated heterocycles. The van der Waals surface area contributed by atoms with Gasteiger partial charge in [0.2, 0.25) is 0 Å². The van der Waals surface area contributed by atoms with Gasteiger partial charge >= 0.3 is 0 Å². The van der Waals surface area contributed by atoms with E-state index in [1.807, 2.05) is 17.0 Å². The van der Waals surface area contributed by atoms with Crippen LogP contribution in [0.25, 0.3) is 0 Å². The summed E-state index contributed by atoms with van der Waals surface area (Å²) in [5, 5.41) is 17.5. The predicted molar refractivity (Wildman–Crippen MR) is 133 cm³/mol. The smallest absolute Gasteiger partial charge is 0.270 e. The lowest BCUT2D eigenvalue weighted by atomic mass is 10.1. The molecule has 0 radical (unpaired) electrons. The zero-order chi connectivity index (χ0) is 23.4. The molecule has 1 amide bonds. The van der Waals surface area contributed by atoms with Crippen LogP contribution in [0.2, 0.25) is 5.02 Å². The number of carbonyl (C=O) groups is 1. The number of ether oxygens (including phenoxy) is 1. The van der Waals surface area contributed by atoms with Gasteiger partial charge in [-0.2, -0.15) is 0 Å². The van der Waals surface area contributed by atoms with E-state index in [1.165, 1.54) is 12.1 Å². The van der Waals surface area contributed by atoms with Crippen LogP contribution in [0.15, 0.2) is 36.4 Å². The third-order valence-corrected chi connectivity index (χ3v) is 6.17. The van der Waals surface area contributed by atoms with Crippen LogP contribution in [0.3, 0.4) is 0 Å². The first kappa shape index (κ1) is 23.2. The van der Waals surface area contributed by atoms with Gasteiger partial charge in [0.1, 0.15) is 0 Å². The molecule has 0 bridgehead atoms. The first-order chi connectivity index (χ1) is 15.9. The minimum atomic E-state index is -0.530. The molecule has 9 nitrogen and oxygen atoms in total. The Morgan fingerprint density at radius 1 is 1.03 bits per heavy atom. The third kappa shape index (κ3) is 5.52. The minimum absolute atomic E-state index is 0.0735. The number of morpholine rings is 1. The van der Waals surface area contributed by atoms with Gasteiger partial charge in [-0.1, -0.05) is 11.6 Å². The SMILES string of the molecule is O=C(NC(=S)Nc1ccc(N2CCCC2)c(Cl)c1)c1cc([N+](=O)[O-])ccc1N1CCOCC1. The molecule has 0 atom stereocenters. The van der Waals surface area contributed by atoms with Crippen LogP contribution < -0.4 is 20.4 Å². The van der Waals surface area contributed by atoms with Crippen molar-refractivity contribution < 1.29 is 14.5 Å². The summed E-state index contributed by atoms with van der Waals surface area (Å²) < 4.78 is 5.37. The standard InChI is InChI=1S/C22H24ClN5O4S/c23-18-13-15(3-5-20(18)26-7-1-2-8-26)24-22(33)25-21(29)17-14-16(28(30)31)4-6-19(17)27-9-11-32-12-10-27/h3-6,13-14H,1-2,7-12H2,(H2,24,25,29,33). The number of benzene rings is 2. The van der Waals surface area contributed by atoms with Gasteiger partial charge in [-0.15, -0.1) is 0 Å². The lowest BCUT2D eigenvalue weighted by Crippen LogP contribution is -2.39. The van der Waals surface area contributed by atoms with E-state index < -0.39 is 10.8 Å².